The summed E-state index contributed by atoms with van der Waals surface area (Å²) >= 11 is 0. The van der Waals surface area contributed by atoms with Gasteiger partial charge in [-0.2, -0.15) is 0 Å². The predicted molar refractivity (Wildman–Crippen MR) is 62.7 cm³/mol. The molecule has 3 nitrogen and oxygen atoms in total. The molecule has 0 saturated carbocycles. The van der Waals surface area contributed by atoms with Crippen LogP contribution in [-0.4, -0.2) is 20.1 Å². The zero-order valence-electron chi connectivity index (χ0n) is 8.48. The van der Waals surface area contributed by atoms with E-state index < -0.39 is 9.05 Å². The number of aliphatic hydroxyl groups excluding tert-OH is 1. The van der Waals surface area contributed by atoms with Crippen molar-refractivity contribution in [2.24, 2.45) is 0 Å². The summed E-state index contributed by atoms with van der Waals surface area (Å²) in [6.45, 7) is 0.0735. The Morgan fingerprint density at radius 3 is 2.62 bits per heavy atom. The largest absolute Gasteiger partial charge is 0.396 e. The minimum Gasteiger partial charge on any atom is -0.396 e. The van der Waals surface area contributed by atoms with E-state index in [0.29, 0.717) is 18.4 Å². The summed E-state index contributed by atoms with van der Waals surface area (Å²) < 4.78 is 22.4. The zero-order chi connectivity index (χ0) is 12.0. The Hall–Kier alpha value is -1.02. The molecule has 0 aromatic heterocycles. The second-order valence-corrected chi connectivity index (χ2v) is 5.60. The molecule has 0 amide bonds. The third kappa shape index (κ3) is 3.86. The lowest BCUT2D eigenvalue weighted by Crippen LogP contribution is -1.94. The third-order valence-corrected chi connectivity index (χ3v) is 3.21. The van der Waals surface area contributed by atoms with Crippen LogP contribution in [0.1, 0.15) is 18.4 Å². The Morgan fingerprint density at radius 2 is 2.00 bits per heavy atom. The van der Waals surface area contributed by atoms with Crippen LogP contribution in [0.15, 0.2) is 29.2 Å². The summed E-state index contributed by atoms with van der Waals surface area (Å²) in [7, 11) is 1.51. The molecule has 0 radical (unpaired) electrons. The van der Waals surface area contributed by atoms with E-state index in [1.165, 1.54) is 6.07 Å². The van der Waals surface area contributed by atoms with E-state index in [2.05, 4.69) is 11.8 Å². The Kier molecular flexibility index (Phi) is 4.81. The van der Waals surface area contributed by atoms with E-state index in [4.69, 9.17) is 15.8 Å². The SMILES string of the molecule is O=S(=O)(Cl)c1ccccc1C#CCCCO. The van der Waals surface area contributed by atoms with E-state index in [-0.39, 0.29) is 11.5 Å². The van der Waals surface area contributed by atoms with Crippen molar-refractivity contribution < 1.29 is 13.5 Å². The highest BCUT2D eigenvalue weighted by atomic mass is 35.7. The maximum Gasteiger partial charge on any atom is 0.262 e. The molecule has 0 aliphatic heterocycles. The van der Waals surface area contributed by atoms with Crippen LogP contribution >= 0.6 is 10.7 Å². The summed E-state index contributed by atoms with van der Waals surface area (Å²) in [5.74, 6) is 5.51. The summed E-state index contributed by atoms with van der Waals surface area (Å²) in [4.78, 5) is 0.0214. The van der Waals surface area contributed by atoms with Crippen LogP contribution in [0.3, 0.4) is 0 Å². The fourth-order valence-corrected chi connectivity index (χ4v) is 2.13. The van der Waals surface area contributed by atoms with Gasteiger partial charge in [-0.25, -0.2) is 8.42 Å². The normalized spacial score (nSPS) is 10.6. The quantitative estimate of drug-likeness (QED) is 0.510. The van der Waals surface area contributed by atoms with Gasteiger partial charge >= 0.3 is 0 Å². The molecule has 5 heteroatoms. The van der Waals surface area contributed by atoms with Crippen molar-refractivity contribution in [1.82, 2.24) is 0 Å². The van der Waals surface area contributed by atoms with E-state index >= 15 is 0 Å². The van der Waals surface area contributed by atoms with Crippen molar-refractivity contribution in [2.75, 3.05) is 6.61 Å². The van der Waals surface area contributed by atoms with Gasteiger partial charge in [0.15, 0.2) is 0 Å². The number of unbranched alkanes of at least 4 members (excludes halogenated alkanes) is 1. The van der Waals surface area contributed by atoms with E-state index in [1.54, 1.807) is 18.2 Å². The Bertz CT molecular complexity index is 512. The second kappa shape index (κ2) is 5.90. The highest BCUT2D eigenvalue weighted by Gasteiger charge is 2.13. The van der Waals surface area contributed by atoms with Crippen molar-refractivity contribution in [3.63, 3.8) is 0 Å². The average molecular weight is 259 g/mol. The number of aliphatic hydroxyl groups is 1. The fraction of sp³-hybridized carbons (Fsp3) is 0.273. The summed E-state index contributed by atoms with van der Waals surface area (Å²) in [5.41, 5.74) is 0.385. The van der Waals surface area contributed by atoms with Gasteiger partial charge in [0.05, 0.1) is 4.90 Å². The number of benzene rings is 1. The van der Waals surface area contributed by atoms with Gasteiger partial charge in [0.1, 0.15) is 0 Å². The van der Waals surface area contributed by atoms with Crippen molar-refractivity contribution >= 4 is 19.7 Å². The Morgan fingerprint density at radius 1 is 1.31 bits per heavy atom. The van der Waals surface area contributed by atoms with Gasteiger partial charge in [-0.15, -0.1) is 0 Å². The highest BCUT2D eigenvalue weighted by molar-refractivity contribution is 8.13. The average Bonchev–Trinajstić information content (AvgIpc) is 2.24. The summed E-state index contributed by atoms with van der Waals surface area (Å²) in [5, 5.41) is 8.56. The van der Waals surface area contributed by atoms with Gasteiger partial charge in [0, 0.05) is 29.3 Å². The van der Waals surface area contributed by atoms with Crippen LogP contribution in [0.2, 0.25) is 0 Å². The summed E-state index contributed by atoms with van der Waals surface area (Å²) in [6, 6.07) is 6.30. The first-order valence-electron chi connectivity index (χ1n) is 4.69. The molecule has 1 aromatic rings. The highest BCUT2D eigenvalue weighted by Crippen LogP contribution is 2.18. The van der Waals surface area contributed by atoms with Crippen LogP contribution < -0.4 is 0 Å². The molecule has 1 N–H and O–H groups in total. The van der Waals surface area contributed by atoms with Crippen molar-refractivity contribution in [3.8, 4) is 11.8 Å². The number of hydrogen-bond donors (Lipinski definition) is 1. The molecular formula is C11H11ClO3S. The monoisotopic (exact) mass is 258 g/mol. The molecule has 0 unspecified atom stereocenters. The molecule has 1 aromatic carbocycles. The standard InChI is InChI=1S/C11H11ClO3S/c12-16(14,15)11-8-4-3-7-10(11)6-2-1-5-9-13/h3-4,7-8,13H,1,5,9H2. The predicted octanol–water partition coefficient (Wildman–Crippen LogP) is 1.74. The molecule has 0 fully saturated rings. The van der Waals surface area contributed by atoms with Crippen LogP contribution in [0.4, 0.5) is 0 Å². The van der Waals surface area contributed by atoms with Gasteiger partial charge in [0.25, 0.3) is 9.05 Å². The van der Waals surface area contributed by atoms with Gasteiger partial charge < -0.3 is 5.11 Å². The second-order valence-electron chi connectivity index (χ2n) is 3.06. The van der Waals surface area contributed by atoms with Crippen LogP contribution in [0.25, 0.3) is 0 Å². The fourth-order valence-electron chi connectivity index (χ4n) is 1.11. The third-order valence-electron chi connectivity index (χ3n) is 1.83. The first kappa shape index (κ1) is 13.0. The summed E-state index contributed by atoms with van der Waals surface area (Å²) in [6.07, 6.45) is 1.09. The van der Waals surface area contributed by atoms with Crippen LogP contribution in [-0.2, 0) is 9.05 Å². The van der Waals surface area contributed by atoms with Crippen molar-refractivity contribution in [2.45, 2.75) is 17.7 Å². The molecule has 16 heavy (non-hydrogen) atoms. The first-order valence-corrected chi connectivity index (χ1v) is 7.00. The zero-order valence-corrected chi connectivity index (χ0v) is 10.1. The van der Waals surface area contributed by atoms with Crippen molar-refractivity contribution in [1.29, 1.82) is 0 Å². The van der Waals surface area contributed by atoms with Crippen LogP contribution in [0, 0.1) is 11.8 Å². The van der Waals surface area contributed by atoms with Crippen molar-refractivity contribution in [3.05, 3.63) is 29.8 Å². The lowest BCUT2D eigenvalue weighted by Gasteiger charge is -1.98. The molecule has 0 atom stereocenters. The maximum absolute atomic E-state index is 11.2. The molecular weight excluding hydrogens is 248 g/mol. The minimum atomic E-state index is -3.76. The van der Waals surface area contributed by atoms with Gasteiger partial charge in [-0.05, 0) is 18.6 Å². The van der Waals surface area contributed by atoms with E-state index in [9.17, 15) is 8.42 Å². The topological polar surface area (TPSA) is 54.4 Å². The lowest BCUT2D eigenvalue weighted by molar-refractivity contribution is 0.290. The smallest absolute Gasteiger partial charge is 0.262 e. The lowest BCUT2D eigenvalue weighted by atomic mass is 10.2. The molecule has 0 aliphatic carbocycles. The first-order chi connectivity index (χ1) is 7.55. The number of rotatable bonds is 3. The molecule has 0 aliphatic rings. The molecule has 86 valence electrons. The van der Waals surface area contributed by atoms with E-state index in [1.807, 2.05) is 0 Å². The Labute approximate surface area is 99.5 Å². The van der Waals surface area contributed by atoms with Gasteiger partial charge in [-0.3, -0.25) is 0 Å². The minimum absolute atomic E-state index is 0.0214. The molecule has 0 spiro atoms. The maximum atomic E-state index is 11.2. The Balaban J connectivity index is 3.00. The van der Waals surface area contributed by atoms with Gasteiger partial charge in [-0.1, -0.05) is 24.0 Å². The van der Waals surface area contributed by atoms with Gasteiger partial charge in [0.2, 0.25) is 0 Å². The number of hydrogen-bond acceptors (Lipinski definition) is 3. The molecule has 0 heterocycles. The van der Waals surface area contributed by atoms with E-state index in [0.717, 1.165) is 0 Å². The van der Waals surface area contributed by atoms with Crippen LogP contribution in [0.5, 0.6) is 0 Å². The molecule has 0 saturated heterocycles. The number of halogens is 1. The molecule has 1 rings (SSSR count). The molecule has 0 bridgehead atoms.